The number of hydrogen-bond acceptors (Lipinski definition) is 6. The average molecular weight is 373 g/mol. The van der Waals surface area contributed by atoms with Crippen LogP contribution in [0.1, 0.15) is 11.3 Å². The van der Waals surface area contributed by atoms with E-state index < -0.39 is 0 Å². The zero-order chi connectivity index (χ0) is 18.4. The van der Waals surface area contributed by atoms with Gasteiger partial charge in [0.1, 0.15) is 5.03 Å². The van der Waals surface area contributed by atoms with E-state index in [1.165, 1.54) is 17.3 Å². The van der Waals surface area contributed by atoms with Gasteiger partial charge >= 0.3 is 0 Å². The van der Waals surface area contributed by atoms with Crippen molar-refractivity contribution in [2.24, 2.45) is 0 Å². The predicted molar refractivity (Wildman–Crippen MR) is 104 cm³/mol. The minimum absolute atomic E-state index is 0.462. The minimum atomic E-state index is 0.462. The van der Waals surface area contributed by atoms with Gasteiger partial charge < -0.3 is 4.42 Å². The highest BCUT2D eigenvalue weighted by Crippen LogP contribution is 2.33. The van der Waals surface area contributed by atoms with Gasteiger partial charge in [0, 0.05) is 17.0 Å². The van der Waals surface area contributed by atoms with E-state index in [9.17, 15) is 0 Å². The second-order valence-corrected chi connectivity index (χ2v) is 7.27. The Morgan fingerprint density at radius 2 is 1.78 bits per heavy atom. The molecule has 5 aromatic rings. The number of aromatic nitrogens is 5. The topological polar surface area (TPSA) is 69.1 Å². The van der Waals surface area contributed by atoms with Gasteiger partial charge in [0.05, 0.1) is 11.2 Å². The molecular weight excluding hydrogens is 358 g/mol. The van der Waals surface area contributed by atoms with E-state index in [4.69, 9.17) is 9.40 Å². The van der Waals surface area contributed by atoms with E-state index in [0.29, 0.717) is 11.1 Å². The zero-order valence-corrected chi connectivity index (χ0v) is 15.6. The van der Waals surface area contributed by atoms with Crippen LogP contribution in [-0.4, -0.2) is 24.8 Å². The standard InChI is InChI=1S/C20H15N5OS/c1-12-7-9-14(10-8-12)18-22-23-20(26-18)27-19-15-5-3-4-6-16(15)25-17(21-19)11-13(2)24-25/h3-11H,1-2H3. The number of benzene rings is 2. The van der Waals surface area contributed by atoms with Crippen molar-refractivity contribution in [2.75, 3.05) is 0 Å². The fourth-order valence-electron chi connectivity index (χ4n) is 2.97. The van der Waals surface area contributed by atoms with Crippen LogP contribution in [0, 0.1) is 13.8 Å². The van der Waals surface area contributed by atoms with E-state index in [0.717, 1.165) is 32.8 Å². The molecular formula is C20H15N5OS. The summed E-state index contributed by atoms with van der Waals surface area (Å²) in [5.74, 6) is 0.503. The van der Waals surface area contributed by atoms with Gasteiger partial charge in [-0.2, -0.15) is 5.10 Å². The van der Waals surface area contributed by atoms with Gasteiger partial charge in [-0.05, 0) is 43.8 Å². The molecule has 0 saturated heterocycles. The smallest absolute Gasteiger partial charge is 0.283 e. The lowest BCUT2D eigenvalue weighted by Gasteiger charge is -2.05. The SMILES string of the molecule is Cc1ccc(-c2nnc(Sc3nc4cc(C)nn4c4ccccc34)o2)cc1. The largest absolute Gasteiger partial charge is 0.411 e. The molecule has 5 rings (SSSR count). The summed E-state index contributed by atoms with van der Waals surface area (Å²) in [6.07, 6.45) is 0. The van der Waals surface area contributed by atoms with Gasteiger partial charge in [-0.3, -0.25) is 0 Å². The van der Waals surface area contributed by atoms with E-state index in [2.05, 4.69) is 15.3 Å². The molecule has 6 nitrogen and oxygen atoms in total. The Bertz CT molecular complexity index is 1270. The molecule has 0 amide bonds. The molecule has 0 fully saturated rings. The third-order valence-corrected chi connectivity index (χ3v) is 5.12. The summed E-state index contributed by atoms with van der Waals surface area (Å²) in [5, 5.41) is 15.2. The van der Waals surface area contributed by atoms with Crippen molar-refractivity contribution < 1.29 is 4.42 Å². The lowest BCUT2D eigenvalue weighted by atomic mass is 10.1. The molecule has 0 aliphatic heterocycles. The number of hydrogen-bond donors (Lipinski definition) is 0. The minimum Gasteiger partial charge on any atom is -0.411 e. The van der Waals surface area contributed by atoms with Crippen LogP contribution in [0.5, 0.6) is 0 Å². The van der Waals surface area contributed by atoms with E-state index in [1.54, 1.807) is 0 Å². The molecule has 0 unspecified atom stereocenters. The monoisotopic (exact) mass is 373 g/mol. The van der Waals surface area contributed by atoms with E-state index >= 15 is 0 Å². The molecule has 3 aromatic heterocycles. The first-order valence-corrected chi connectivity index (χ1v) is 9.32. The van der Waals surface area contributed by atoms with E-state index in [-0.39, 0.29) is 0 Å². The van der Waals surface area contributed by atoms with Gasteiger partial charge in [0.15, 0.2) is 5.65 Å². The second-order valence-electron chi connectivity index (χ2n) is 6.33. The van der Waals surface area contributed by atoms with E-state index in [1.807, 2.05) is 73.0 Å². The van der Waals surface area contributed by atoms with Crippen LogP contribution in [0.25, 0.3) is 28.0 Å². The number of para-hydroxylation sites is 1. The van der Waals surface area contributed by atoms with Crippen molar-refractivity contribution in [3.8, 4) is 11.5 Å². The fraction of sp³-hybridized carbons (Fsp3) is 0.100. The second kappa shape index (κ2) is 6.21. The quantitative estimate of drug-likeness (QED) is 0.427. The van der Waals surface area contributed by atoms with Gasteiger partial charge in [-0.1, -0.05) is 35.9 Å². The number of nitrogens with zero attached hydrogens (tertiary/aromatic N) is 5. The molecule has 0 aliphatic carbocycles. The van der Waals surface area contributed by atoms with Crippen molar-refractivity contribution in [2.45, 2.75) is 24.1 Å². The maximum Gasteiger partial charge on any atom is 0.283 e. The van der Waals surface area contributed by atoms with Crippen molar-refractivity contribution in [1.82, 2.24) is 24.8 Å². The Kier molecular flexibility index (Phi) is 3.68. The Morgan fingerprint density at radius 1 is 0.963 bits per heavy atom. The molecule has 0 spiro atoms. The van der Waals surface area contributed by atoms with Crippen molar-refractivity contribution >= 4 is 28.3 Å². The number of fused-ring (bicyclic) bond motifs is 3. The van der Waals surface area contributed by atoms with Crippen LogP contribution in [-0.2, 0) is 0 Å². The fourth-order valence-corrected chi connectivity index (χ4v) is 3.76. The lowest BCUT2D eigenvalue weighted by molar-refractivity contribution is 0.465. The maximum atomic E-state index is 5.86. The summed E-state index contributed by atoms with van der Waals surface area (Å²) in [5.41, 5.74) is 4.81. The molecule has 2 aromatic carbocycles. The Morgan fingerprint density at radius 3 is 2.63 bits per heavy atom. The Labute approximate surface area is 159 Å². The average Bonchev–Trinajstić information content (AvgIpc) is 3.29. The van der Waals surface area contributed by atoms with Crippen molar-refractivity contribution in [3.05, 3.63) is 65.9 Å². The molecule has 0 aliphatic rings. The number of rotatable bonds is 3. The van der Waals surface area contributed by atoms with Crippen LogP contribution >= 0.6 is 11.8 Å². The first-order chi connectivity index (χ1) is 13.2. The molecule has 0 atom stereocenters. The maximum absolute atomic E-state index is 5.86. The molecule has 0 radical (unpaired) electrons. The third kappa shape index (κ3) is 2.86. The Balaban J connectivity index is 1.57. The predicted octanol–water partition coefficient (Wildman–Crippen LogP) is 4.70. The first-order valence-electron chi connectivity index (χ1n) is 8.51. The highest BCUT2D eigenvalue weighted by molar-refractivity contribution is 7.99. The normalized spacial score (nSPS) is 11.5. The third-order valence-electron chi connectivity index (χ3n) is 4.28. The molecule has 132 valence electrons. The van der Waals surface area contributed by atoms with Gasteiger partial charge in [0.2, 0.25) is 5.89 Å². The molecule has 0 N–H and O–H groups in total. The van der Waals surface area contributed by atoms with Crippen LogP contribution in [0.4, 0.5) is 0 Å². The highest BCUT2D eigenvalue weighted by Gasteiger charge is 2.15. The van der Waals surface area contributed by atoms with Crippen LogP contribution in [0.3, 0.4) is 0 Å². The molecule has 7 heteroatoms. The molecule has 0 bridgehead atoms. The number of aryl methyl sites for hydroxylation is 2. The van der Waals surface area contributed by atoms with Crippen LogP contribution in [0.2, 0.25) is 0 Å². The summed E-state index contributed by atoms with van der Waals surface area (Å²) < 4.78 is 7.72. The summed E-state index contributed by atoms with van der Waals surface area (Å²) in [4.78, 5) is 4.75. The van der Waals surface area contributed by atoms with Crippen LogP contribution < -0.4 is 0 Å². The summed E-state index contributed by atoms with van der Waals surface area (Å²) in [7, 11) is 0. The van der Waals surface area contributed by atoms with Crippen LogP contribution in [0.15, 0.2) is 69.3 Å². The van der Waals surface area contributed by atoms with Gasteiger partial charge in [0.25, 0.3) is 5.22 Å². The van der Waals surface area contributed by atoms with Crippen molar-refractivity contribution in [3.63, 3.8) is 0 Å². The summed E-state index contributed by atoms with van der Waals surface area (Å²) >= 11 is 1.37. The molecule has 27 heavy (non-hydrogen) atoms. The van der Waals surface area contributed by atoms with Crippen molar-refractivity contribution in [1.29, 1.82) is 0 Å². The lowest BCUT2D eigenvalue weighted by Crippen LogP contribution is -1.95. The molecule has 0 saturated carbocycles. The Hall–Kier alpha value is -3.19. The highest BCUT2D eigenvalue weighted by atomic mass is 32.2. The zero-order valence-electron chi connectivity index (χ0n) is 14.7. The molecule has 3 heterocycles. The first kappa shape index (κ1) is 16.0. The summed E-state index contributed by atoms with van der Waals surface area (Å²) in [6.45, 7) is 4.01. The van der Waals surface area contributed by atoms with Gasteiger partial charge in [-0.25, -0.2) is 9.50 Å². The summed E-state index contributed by atoms with van der Waals surface area (Å²) in [6, 6.07) is 18.0. The van der Waals surface area contributed by atoms with Gasteiger partial charge in [-0.15, -0.1) is 10.2 Å².